The molecule has 1 aromatic carbocycles. The molecule has 0 saturated heterocycles. The summed E-state index contributed by atoms with van der Waals surface area (Å²) in [5, 5.41) is 3.84. The molecule has 2 rings (SSSR count). The van der Waals surface area contributed by atoms with Gasteiger partial charge in [0.1, 0.15) is 6.61 Å². The summed E-state index contributed by atoms with van der Waals surface area (Å²) in [6, 6.07) is 9.35. The van der Waals surface area contributed by atoms with E-state index in [2.05, 4.69) is 29.0 Å². The molecule has 0 aliphatic rings. The highest BCUT2D eigenvalue weighted by Crippen LogP contribution is 2.22. The first-order chi connectivity index (χ1) is 12.2. The molecule has 1 N–H and O–H groups in total. The molecule has 1 aromatic heterocycles. The first-order valence-electron chi connectivity index (χ1n) is 8.83. The molecular formula is C20H27N3O2. The number of likely N-dealkylation sites (N-methyl/N-ethyl adjacent to an activating group) is 1. The van der Waals surface area contributed by atoms with E-state index in [1.54, 1.807) is 6.07 Å². The summed E-state index contributed by atoms with van der Waals surface area (Å²) in [5.74, 6) is 0.368. The first kappa shape index (κ1) is 18.9. The van der Waals surface area contributed by atoms with E-state index in [0.717, 1.165) is 30.5 Å². The Morgan fingerprint density at radius 1 is 1.28 bits per heavy atom. The van der Waals surface area contributed by atoms with Crippen LogP contribution in [0.15, 0.2) is 42.5 Å². The number of benzene rings is 1. The molecule has 0 fully saturated rings. The number of hydrogen-bond donors (Lipinski definition) is 1. The van der Waals surface area contributed by atoms with Gasteiger partial charge in [-0.3, -0.25) is 4.79 Å². The van der Waals surface area contributed by atoms with Gasteiger partial charge in [0.05, 0.1) is 11.1 Å². The Labute approximate surface area is 149 Å². The zero-order chi connectivity index (χ0) is 18.1. The van der Waals surface area contributed by atoms with Crippen molar-refractivity contribution >= 4 is 16.8 Å². The lowest BCUT2D eigenvalue weighted by Gasteiger charge is -2.18. The third-order valence-electron chi connectivity index (χ3n) is 4.11. The fourth-order valence-corrected chi connectivity index (χ4v) is 2.61. The molecule has 0 unspecified atom stereocenters. The number of carbonyl (C=O) groups excluding carboxylic acids is 1. The maximum absolute atomic E-state index is 12.7. The maximum Gasteiger partial charge on any atom is 0.252 e. The minimum absolute atomic E-state index is 0.0957. The van der Waals surface area contributed by atoms with Crippen molar-refractivity contribution in [3.63, 3.8) is 0 Å². The third-order valence-corrected chi connectivity index (χ3v) is 4.11. The molecule has 25 heavy (non-hydrogen) atoms. The number of pyridine rings is 1. The topological polar surface area (TPSA) is 54.5 Å². The molecule has 2 aromatic rings. The standard InChI is InChI=1S/C20H27N3O2/c1-4-7-14-25-19-15-17(16-10-8-9-11-18(16)22-19)20(24)21-12-13-23(5-2)6-3/h4,7-11,15H,5-6,12-14H2,1-3H3,(H,21,24). The summed E-state index contributed by atoms with van der Waals surface area (Å²) >= 11 is 0. The highest BCUT2D eigenvalue weighted by molar-refractivity contribution is 6.06. The zero-order valence-electron chi connectivity index (χ0n) is 15.3. The normalized spacial score (nSPS) is 11.4. The van der Waals surface area contributed by atoms with E-state index in [4.69, 9.17) is 4.74 Å². The van der Waals surface area contributed by atoms with Gasteiger partial charge in [0.2, 0.25) is 5.88 Å². The van der Waals surface area contributed by atoms with Crippen LogP contribution in [0.3, 0.4) is 0 Å². The number of aromatic nitrogens is 1. The number of ether oxygens (including phenoxy) is 1. The molecule has 134 valence electrons. The number of carbonyl (C=O) groups is 1. The van der Waals surface area contributed by atoms with E-state index in [1.165, 1.54) is 0 Å². The van der Waals surface area contributed by atoms with Gasteiger partial charge in [-0.15, -0.1) is 0 Å². The Bertz CT molecular complexity index is 724. The maximum atomic E-state index is 12.7. The molecule has 0 aliphatic heterocycles. The minimum Gasteiger partial charge on any atom is -0.473 e. The average Bonchev–Trinajstić information content (AvgIpc) is 2.64. The van der Waals surface area contributed by atoms with E-state index >= 15 is 0 Å². The Morgan fingerprint density at radius 3 is 2.76 bits per heavy atom. The number of hydrogen-bond acceptors (Lipinski definition) is 4. The summed E-state index contributed by atoms with van der Waals surface area (Å²) in [6.45, 7) is 10.0. The fourth-order valence-electron chi connectivity index (χ4n) is 2.61. The predicted octanol–water partition coefficient (Wildman–Crippen LogP) is 3.26. The van der Waals surface area contributed by atoms with Crippen LogP contribution in [-0.4, -0.2) is 48.6 Å². The van der Waals surface area contributed by atoms with Crippen molar-refractivity contribution in [2.75, 3.05) is 32.8 Å². The second-order valence-corrected chi connectivity index (χ2v) is 5.69. The van der Waals surface area contributed by atoms with E-state index < -0.39 is 0 Å². The molecule has 1 heterocycles. The van der Waals surface area contributed by atoms with Gasteiger partial charge in [0.15, 0.2) is 0 Å². The molecule has 1 amide bonds. The SMILES string of the molecule is CC=CCOc1cc(C(=O)NCCN(CC)CC)c2ccccc2n1. The quantitative estimate of drug-likeness (QED) is 0.711. The molecule has 5 heteroatoms. The monoisotopic (exact) mass is 341 g/mol. The van der Waals surface area contributed by atoms with Crippen molar-refractivity contribution in [3.8, 4) is 5.88 Å². The van der Waals surface area contributed by atoms with Crippen LogP contribution in [0.5, 0.6) is 5.88 Å². The lowest BCUT2D eigenvalue weighted by atomic mass is 10.1. The zero-order valence-corrected chi connectivity index (χ0v) is 15.3. The summed E-state index contributed by atoms with van der Waals surface area (Å²) in [6.07, 6.45) is 3.82. The lowest BCUT2D eigenvalue weighted by molar-refractivity contribution is 0.0950. The molecular weight excluding hydrogens is 314 g/mol. The number of fused-ring (bicyclic) bond motifs is 1. The molecule has 0 saturated carbocycles. The van der Waals surface area contributed by atoms with E-state index in [0.29, 0.717) is 24.6 Å². The number of nitrogens with zero attached hydrogens (tertiary/aromatic N) is 2. The third kappa shape index (κ3) is 5.29. The Morgan fingerprint density at radius 2 is 2.04 bits per heavy atom. The van der Waals surface area contributed by atoms with Crippen molar-refractivity contribution < 1.29 is 9.53 Å². The van der Waals surface area contributed by atoms with Crippen LogP contribution < -0.4 is 10.1 Å². The number of nitrogens with one attached hydrogen (secondary N) is 1. The lowest BCUT2D eigenvalue weighted by Crippen LogP contribution is -2.34. The number of para-hydroxylation sites is 1. The van der Waals surface area contributed by atoms with Crippen molar-refractivity contribution in [1.29, 1.82) is 0 Å². The second-order valence-electron chi connectivity index (χ2n) is 5.69. The van der Waals surface area contributed by atoms with Crippen molar-refractivity contribution in [1.82, 2.24) is 15.2 Å². The van der Waals surface area contributed by atoms with Crippen LogP contribution in [0.2, 0.25) is 0 Å². The van der Waals surface area contributed by atoms with Crippen molar-refractivity contribution in [2.45, 2.75) is 20.8 Å². The molecule has 0 atom stereocenters. The van der Waals surface area contributed by atoms with Crippen LogP contribution in [0.1, 0.15) is 31.1 Å². The fraction of sp³-hybridized carbons (Fsp3) is 0.400. The Balaban J connectivity index is 2.17. The van der Waals surface area contributed by atoms with Gasteiger partial charge in [-0.25, -0.2) is 4.98 Å². The highest BCUT2D eigenvalue weighted by atomic mass is 16.5. The number of allylic oxidation sites excluding steroid dienone is 1. The Hall–Kier alpha value is -2.40. The van der Waals surface area contributed by atoms with Crippen LogP contribution in [0.4, 0.5) is 0 Å². The van der Waals surface area contributed by atoms with Crippen molar-refractivity contribution in [2.24, 2.45) is 0 Å². The Kier molecular flexibility index (Phi) is 7.41. The van der Waals surface area contributed by atoms with Gasteiger partial charge in [-0.2, -0.15) is 0 Å². The van der Waals surface area contributed by atoms with E-state index in [9.17, 15) is 4.79 Å². The predicted molar refractivity (Wildman–Crippen MR) is 102 cm³/mol. The van der Waals surface area contributed by atoms with Crippen LogP contribution in [0, 0.1) is 0 Å². The van der Waals surface area contributed by atoms with Crippen LogP contribution >= 0.6 is 0 Å². The molecule has 0 radical (unpaired) electrons. The van der Waals surface area contributed by atoms with Gasteiger partial charge < -0.3 is 15.0 Å². The summed E-state index contributed by atoms with van der Waals surface area (Å²) in [5.41, 5.74) is 1.36. The second kappa shape index (κ2) is 9.79. The van der Waals surface area contributed by atoms with E-state index in [-0.39, 0.29) is 5.91 Å². The average molecular weight is 341 g/mol. The van der Waals surface area contributed by atoms with Gasteiger partial charge in [0.25, 0.3) is 5.91 Å². The summed E-state index contributed by atoms with van der Waals surface area (Å²) < 4.78 is 5.64. The number of amides is 1. The largest absolute Gasteiger partial charge is 0.473 e. The van der Waals surface area contributed by atoms with Crippen molar-refractivity contribution in [3.05, 3.63) is 48.0 Å². The van der Waals surface area contributed by atoms with Gasteiger partial charge in [-0.1, -0.05) is 44.2 Å². The van der Waals surface area contributed by atoms with Gasteiger partial charge >= 0.3 is 0 Å². The first-order valence-corrected chi connectivity index (χ1v) is 8.83. The summed E-state index contributed by atoms with van der Waals surface area (Å²) in [7, 11) is 0. The number of rotatable bonds is 9. The van der Waals surface area contributed by atoms with Crippen LogP contribution in [-0.2, 0) is 0 Å². The highest BCUT2D eigenvalue weighted by Gasteiger charge is 2.13. The minimum atomic E-state index is -0.0957. The molecule has 0 spiro atoms. The summed E-state index contributed by atoms with van der Waals surface area (Å²) in [4.78, 5) is 19.4. The van der Waals surface area contributed by atoms with Gasteiger partial charge in [0, 0.05) is 24.5 Å². The van der Waals surface area contributed by atoms with Crippen LogP contribution in [0.25, 0.3) is 10.9 Å². The molecule has 0 bridgehead atoms. The van der Waals surface area contributed by atoms with E-state index in [1.807, 2.05) is 43.3 Å². The van der Waals surface area contributed by atoms with Gasteiger partial charge in [-0.05, 0) is 26.1 Å². The molecule has 5 nitrogen and oxygen atoms in total. The smallest absolute Gasteiger partial charge is 0.252 e. The molecule has 0 aliphatic carbocycles.